The van der Waals surface area contributed by atoms with Crippen molar-refractivity contribution >= 4 is 39.1 Å². The van der Waals surface area contributed by atoms with Crippen molar-refractivity contribution in [2.75, 3.05) is 10.8 Å². The molecule has 1 fully saturated rings. The first-order chi connectivity index (χ1) is 19.6. The summed E-state index contributed by atoms with van der Waals surface area (Å²) in [6, 6.07) is 19.9. The van der Waals surface area contributed by atoms with Crippen LogP contribution in [0.3, 0.4) is 0 Å². The zero-order valence-electron chi connectivity index (χ0n) is 23.8. The highest BCUT2D eigenvalue weighted by Crippen LogP contribution is 2.31. The number of amides is 2. The molecule has 0 heterocycles. The van der Waals surface area contributed by atoms with E-state index in [-0.39, 0.29) is 34.1 Å². The first-order valence-corrected chi connectivity index (χ1v) is 15.9. The zero-order chi connectivity index (χ0) is 29.6. The van der Waals surface area contributed by atoms with Crippen LogP contribution in [0.5, 0.6) is 0 Å². The first kappa shape index (κ1) is 30.6. The lowest BCUT2D eigenvalue weighted by molar-refractivity contribution is -0.139. The van der Waals surface area contributed by atoms with Crippen LogP contribution in [0.4, 0.5) is 5.69 Å². The van der Waals surface area contributed by atoms with Crippen molar-refractivity contribution in [3.05, 3.63) is 94.5 Å². The molecule has 1 aliphatic rings. The molecule has 0 aliphatic heterocycles. The standard InChI is InChI=1S/C32H38ClN3O4S/c1-23-17-19-28(20-18-23)41(39,40)36(30-16-10-9-15-29(30)33)22-31(37)35(21-26-12-8-7-11-24(26)2)25(3)32(38)34-27-13-5-4-6-14-27/h7-12,15-20,25,27H,4-6,13-14,21-22H2,1-3H3,(H,34,38). The summed E-state index contributed by atoms with van der Waals surface area (Å²) in [5, 5.41) is 3.32. The summed E-state index contributed by atoms with van der Waals surface area (Å²) in [6.45, 7) is 5.15. The molecule has 0 saturated heterocycles. The summed E-state index contributed by atoms with van der Waals surface area (Å²) in [6.07, 6.45) is 5.12. The van der Waals surface area contributed by atoms with Crippen LogP contribution in [-0.4, -0.2) is 43.8 Å². The van der Waals surface area contributed by atoms with Crippen molar-refractivity contribution in [3.8, 4) is 0 Å². The van der Waals surface area contributed by atoms with E-state index in [1.165, 1.54) is 17.0 Å². The lowest BCUT2D eigenvalue weighted by Gasteiger charge is -2.33. The molecule has 4 rings (SSSR count). The van der Waals surface area contributed by atoms with Gasteiger partial charge in [0.05, 0.1) is 15.6 Å². The molecule has 1 unspecified atom stereocenters. The Morgan fingerprint density at radius 1 is 0.927 bits per heavy atom. The fraction of sp³-hybridized carbons (Fsp3) is 0.375. The van der Waals surface area contributed by atoms with Gasteiger partial charge in [0.1, 0.15) is 12.6 Å². The van der Waals surface area contributed by atoms with Crippen LogP contribution in [0.15, 0.2) is 77.7 Å². The number of rotatable bonds is 10. The Hall–Kier alpha value is -3.36. The van der Waals surface area contributed by atoms with Crippen LogP contribution >= 0.6 is 11.6 Å². The van der Waals surface area contributed by atoms with E-state index in [1.54, 1.807) is 43.3 Å². The van der Waals surface area contributed by atoms with Gasteiger partial charge in [0, 0.05) is 12.6 Å². The van der Waals surface area contributed by atoms with Gasteiger partial charge >= 0.3 is 0 Å². The van der Waals surface area contributed by atoms with Gasteiger partial charge in [-0.3, -0.25) is 13.9 Å². The molecule has 1 N–H and O–H groups in total. The fourth-order valence-corrected chi connectivity index (χ4v) is 6.85. The Balaban J connectivity index is 1.69. The third-order valence-corrected chi connectivity index (χ3v) is 9.82. The molecule has 1 atom stereocenters. The van der Waals surface area contributed by atoms with Gasteiger partial charge < -0.3 is 10.2 Å². The highest BCUT2D eigenvalue weighted by molar-refractivity contribution is 7.92. The van der Waals surface area contributed by atoms with Crippen molar-refractivity contribution in [2.24, 2.45) is 0 Å². The minimum atomic E-state index is -4.17. The van der Waals surface area contributed by atoms with E-state index in [2.05, 4.69) is 5.32 Å². The van der Waals surface area contributed by atoms with Crippen molar-refractivity contribution < 1.29 is 18.0 Å². The molecule has 2 amide bonds. The number of aryl methyl sites for hydroxylation is 2. The molecular formula is C32H38ClN3O4S. The van der Waals surface area contributed by atoms with E-state index in [9.17, 15) is 18.0 Å². The van der Waals surface area contributed by atoms with Crippen molar-refractivity contribution in [1.29, 1.82) is 0 Å². The van der Waals surface area contributed by atoms with Gasteiger partial charge in [0.15, 0.2) is 0 Å². The third-order valence-electron chi connectivity index (χ3n) is 7.73. The second-order valence-corrected chi connectivity index (χ2v) is 13.0. The maximum atomic E-state index is 14.1. The van der Waals surface area contributed by atoms with Crippen molar-refractivity contribution in [1.82, 2.24) is 10.2 Å². The predicted molar refractivity (Wildman–Crippen MR) is 163 cm³/mol. The number of carbonyl (C=O) groups excluding carboxylic acids is 2. The summed E-state index contributed by atoms with van der Waals surface area (Å²) in [7, 11) is -4.17. The van der Waals surface area contributed by atoms with Crippen molar-refractivity contribution in [3.63, 3.8) is 0 Å². The van der Waals surface area contributed by atoms with Gasteiger partial charge in [-0.25, -0.2) is 8.42 Å². The second-order valence-electron chi connectivity index (χ2n) is 10.7. The van der Waals surface area contributed by atoms with E-state index < -0.39 is 28.5 Å². The van der Waals surface area contributed by atoms with Gasteiger partial charge in [-0.1, -0.05) is 85.0 Å². The van der Waals surface area contributed by atoms with Crippen LogP contribution in [0.2, 0.25) is 5.02 Å². The monoisotopic (exact) mass is 595 g/mol. The molecule has 0 aromatic heterocycles. The smallest absolute Gasteiger partial charge is 0.264 e. The molecule has 9 heteroatoms. The number of halogens is 1. The number of carbonyl (C=O) groups is 2. The third kappa shape index (κ3) is 7.49. The highest BCUT2D eigenvalue weighted by Gasteiger charge is 2.34. The molecule has 1 aliphatic carbocycles. The number of anilines is 1. The Morgan fingerprint density at radius 3 is 2.22 bits per heavy atom. The number of hydrogen-bond donors (Lipinski definition) is 1. The van der Waals surface area contributed by atoms with E-state index in [4.69, 9.17) is 11.6 Å². The van der Waals surface area contributed by atoms with Gasteiger partial charge in [0.25, 0.3) is 10.0 Å². The van der Waals surface area contributed by atoms with Gasteiger partial charge in [-0.2, -0.15) is 0 Å². The summed E-state index contributed by atoms with van der Waals surface area (Å²) in [5.74, 6) is -0.750. The normalized spacial score (nSPS) is 14.7. The van der Waals surface area contributed by atoms with E-state index >= 15 is 0 Å². The summed E-state index contributed by atoms with van der Waals surface area (Å²) < 4.78 is 28.9. The van der Waals surface area contributed by atoms with Gasteiger partial charge in [-0.05, 0) is 69.0 Å². The maximum Gasteiger partial charge on any atom is 0.264 e. The molecule has 7 nitrogen and oxygen atoms in total. The van der Waals surface area contributed by atoms with Gasteiger partial charge in [-0.15, -0.1) is 0 Å². The quantitative estimate of drug-likeness (QED) is 0.311. The molecule has 3 aromatic rings. The van der Waals surface area contributed by atoms with E-state index in [1.807, 2.05) is 38.1 Å². The fourth-order valence-electron chi connectivity index (χ4n) is 5.13. The average molecular weight is 596 g/mol. The van der Waals surface area contributed by atoms with Crippen LogP contribution in [0, 0.1) is 13.8 Å². The Kier molecular flexibility index (Phi) is 10.1. The van der Waals surface area contributed by atoms with Gasteiger partial charge in [0.2, 0.25) is 11.8 Å². The van der Waals surface area contributed by atoms with Crippen LogP contribution < -0.4 is 9.62 Å². The summed E-state index contributed by atoms with van der Waals surface area (Å²) in [4.78, 5) is 29.1. The number of sulfonamides is 1. The molecule has 41 heavy (non-hydrogen) atoms. The number of nitrogens with zero attached hydrogens (tertiary/aromatic N) is 2. The molecule has 1 saturated carbocycles. The number of benzene rings is 3. The number of hydrogen-bond acceptors (Lipinski definition) is 4. The van der Waals surface area contributed by atoms with Crippen LogP contribution in [-0.2, 0) is 26.2 Å². The lowest BCUT2D eigenvalue weighted by atomic mass is 9.95. The highest BCUT2D eigenvalue weighted by atomic mass is 35.5. The largest absolute Gasteiger partial charge is 0.352 e. The molecule has 0 bridgehead atoms. The van der Waals surface area contributed by atoms with Crippen molar-refractivity contribution in [2.45, 2.75) is 76.4 Å². The Bertz CT molecular complexity index is 1470. The molecular weight excluding hydrogens is 558 g/mol. The molecule has 218 valence electrons. The zero-order valence-corrected chi connectivity index (χ0v) is 25.4. The summed E-state index contributed by atoms with van der Waals surface area (Å²) >= 11 is 6.48. The molecule has 3 aromatic carbocycles. The summed E-state index contributed by atoms with van der Waals surface area (Å²) in [5.41, 5.74) is 2.95. The van der Waals surface area contributed by atoms with Crippen LogP contribution in [0.1, 0.15) is 55.7 Å². The Morgan fingerprint density at radius 2 is 1.56 bits per heavy atom. The minimum Gasteiger partial charge on any atom is -0.352 e. The molecule has 0 spiro atoms. The maximum absolute atomic E-state index is 14.1. The lowest BCUT2D eigenvalue weighted by Crippen LogP contribution is -2.53. The van der Waals surface area contributed by atoms with E-state index in [0.29, 0.717) is 0 Å². The second kappa shape index (κ2) is 13.5. The first-order valence-electron chi connectivity index (χ1n) is 14.1. The predicted octanol–water partition coefficient (Wildman–Crippen LogP) is 6.02. The number of para-hydroxylation sites is 1. The van der Waals surface area contributed by atoms with Crippen LogP contribution in [0.25, 0.3) is 0 Å². The minimum absolute atomic E-state index is 0.0457. The average Bonchev–Trinajstić information content (AvgIpc) is 2.96. The van der Waals surface area contributed by atoms with E-state index in [0.717, 1.165) is 53.1 Å². The topological polar surface area (TPSA) is 86.8 Å². The molecule has 0 radical (unpaired) electrons. The SMILES string of the molecule is Cc1ccc(S(=O)(=O)N(CC(=O)N(Cc2ccccc2C)C(C)C(=O)NC2CCCCC2)c2ccccc2Cl)cc1. The number of nitrogens with one attached hydrogen (secondary N) is 1. The Labute approximate surface area is 248 Å².